The van der Waals surface area contributed by atoms with Crippen LogP contribution in [-0.4, -0.2) is 65.4 Å². The van der Waals surface area contributed by atoms with Crippen molar-refractivity contribution in [3.8, 4) is 0 Å². The molecule has 1 aliphatic heterocycles. The fourth-order valence-corrected chi connectivity index (χ4v) is 8.98. The summed E-state index contributed by atoms with van der Waals surface area (Å²) in [5.74, 6) is -6.99. The number of likely N-dealkylation sites (tertiary alicyclic amines) is 1. The first-order chi connectivity index (χ1) is 26.3. The molecule has 3 saturated carbocycles. The fourth-order valence-electron chi connectivity index (χ4n) is 7.65. The number of hydrogen-bond acceptors (Lipinski definition) is 7. The third-order valence-corrected chi connectivity index (χ3v) is 14.1. The van der Waals surface area contributed by atoms with E-state index in [1.165, 1.54) is 25.7 Å². The normalized spacial score (nSPS) is 34.2. The molecule has 5 atom stereocenters. The number of fused-ring (bicyclic) bond motifs is 1. The predicted molar refractivity (Wildman–Crippen MR) is 192 cm³/mol. The number of Topliss-reactive ketones (excluding diaryl/α,β-unsaturated/α-hetero) is 4. The minimum atomic E-state index is -4.67. The number of unbranched alkanes of at least 4 members (excludes halogenated alkanes) is 1. The smallest absolute Gasteiger partial charge is 0.227 e. The van der Waals surface area contributed by atoms with Gasteiger partial charge in [0.1, 0.15) is 5.78 Å². The van der Waals surface area contributed by atoms with Gasteiger partial charge in [0.25, 0.3) is 0 Å². The van der Waals surface area contributed by atoms with E-state index >= 15 is 0 Å². The molecule has 1 saturated heterocycles. The van der Waals surface area contributed by atoms with Gasteiger partial charge in [-0.25, -0.2) is 8.42 Å². The Morgan fingerprint density at radius 2 is 1.55 bits per heavy atom. The summed E-state index contributed by atoms with van der Waals surface area (Å²) in [4.78, 5) is 71.4. The van der Waals surface area contributed by atoms with Crippen molar-refractivity contribution in [3.05, 3.63) is 0 Å². The summed E-state index contributed by atoms with van der Waals surface area (Å²) in [6, 6.07) is -0.982. The maximum Gasteiger partial charge on any atom is 0.227 e. The van der Waals surface area contributed by atoms with Crippen LogP contribution in [0.3, 0.4) is 0 Å². The van der Waals surface area contributed by atoms with E-state index in [4.69, 9.17) is 13.7 Å². The van der Waals surface area contributed by atoms with Crippen LogP contribution in [0, 0.1) is 45.8 Å². The van der Waals surface area contributed by atoms with Crippen LogP contribution in [0.4, 0.5) is 0 Å². The topological polar surface area (TPSA) is 123 Å². The van der Waals surface area contributed by atoms with Crippen LogP contribution >= 0.6 is 0 Å². The van der Waals surface area contributed by atoms with Crippen LogP contribution in [0.15, 0.2) is 0 Å². The Balaban J connectivity index is 1.74. The highest BCUT2D eigenvalue weighted by Gasteiger charge is 2.69. The molecule has 0 bridgehead atoms. The Labute approximate surface area is 310 Å². The van der Waals surface area contributed by atoms with Gasteiger partial charge in [-0.3, -0.25) is 24.0 Å². The van der Waals surface area contributed by atoms with Gasteiger partial charge in [-0.2, -0.15) is 0 Å². The first kappa shape index (κ1) is 27.7. The molecule has 0 aromatic rings. The lowest BCUT2D eigenvalue weighted by Crippen LogP contribution is -2.51. The number of amides is 1. The summed E-state index contributed by atoms with van der Waals surface area (Å²) >= 11 is 0. The van der Waals surface area contributed by atoms with Crippen molar-refractivity contribution < 1.29 is 46.1 Å². The van der Waals surface area contributed by atoms with Gasteiger partial charge >= 0.3 is 0 Å². The predicted octanol–water partition coefficient (Wildman–Crippen LogP) is 7.35. The second kappa shape index (κ2) is 14.6. The van der Waals surface area contributed by atoms with Crippen molar-refractivity contribution in [1.29, 1.82) is 0 Å². The maximum atomic E-state index is 14.8. The quantitative estimate of drug-likeness (QED) is 0.145. The third kappa shape index (κ3) is 9.13. The SMILES string of the molecule is [2H]C1([2H])C([2H])([2H])C([2H])([2H])C(CC(=O)C[C@H](C(=O)N2C[C@H]3[C@@H]([C@H]2C(=O)C[C@@H](CCCC)C(=O)C(=O)CC2CC2)C3(C)C)C(C)(C)C)(CS(=O)(=O)C(C)(C)C)C([2H])([2H])C1([2H])[2H]. The minimum absolute atomic E-state index is 0.0925. The Morgan fingerprint density at radius 1 is 0.939 bits per heavy atom. The van der Waals surface area contributed by atoms with Crippen LogP contribution in [-0.2, 0) is 33.8 Å². The second-order valence-electron chi connectivity index (χ2n) is 17.8. The summed E-state index contributed by atoms with van der Waals surface area (Å²) in [6.45, 7) is 14.7. The summed E-state index contributed by atoms with van der Waals surface area (Å²) in [7, 11) is -4.67. The van der Waals surface area contributed by atoms with E-state index in [0.717, 1.165) is 19.3 Å². The largest absolute Gasteiger partial charge is 0.332 e. The molecule has 49 heavy (non-hydrogen) atoms. The van der Waals surface area contributed by atoms with Crippen molar-refractivity contribution in [2.45, 2.75) is 163 Å². The first-order valence-electron chi connectivity index (χ1n) is 23.0. The molecular weight excluding hydrogens is 639 g/mol. The molecule has 0 radical (unpaired) electrons. The van der Waals surface area contributed by atoms with Crippen molar-refractivity contribution >= 4 is 38.9 Å². The summed E-state index contributed by atoms with van der Waals surface area (Å²) in [5.41, 5.74) is -4.71. The van der Waals surface area contributed by atoms with E-state index in [1.54, 1.807) is 20.8 Å². The molecular formula is C40H65NO7S. The van der Waals surface area contributed by atoms with Gasteiger partial charge in [0, 0.05) is 57.8 Å². The lowest BCUT2D eigenvalue weighted by molar-refractivity contribution is -0.148. The van der Waals surface area contributed by atoms with Crippen molar-refractivity contribution in [1.82, 2.24) is 4.90 Å². The van der Waals surface area contributed by atoms with E-state index < -0.39 is 117 Å². The van der Waals surface area contributed by atoms with Crippen LogP contribution in [0.5, 0.6) is 0 Å². The van der Waals surface area contributed by atoms with Gasteiger partial charge in [0.05, 0.1) is 16.5 Å². The third-order valence-electron chi connectivity index (χ3n) is 11.4. The second-order valence-corrected chi connectivity index (χ2v) is 20.5. The van der Waals surface area contributed by atoms with Crippen LogP contribution in [0.25, 0.3) is 0 Å². The van der Waals surface area contributed by atoms with E-state index in [9.17, 15) is 32.4 Å². The van der Waals surface area contributed by atoms with Crippen molar-refractivity contribution in [2.75, 3.05) is 12.3 Å². The molecule has 3 aliphatic carbocycles. The molecule has 8 nitrogen and oxygen atoms in total. The Bertz CT molecular complexity index is 1800. The molecule has 4 rings (SSSR count). The van der Waals surface area contributed by atoms with Crippen molar-refractivity contribution in [3.63, 3.8) is 0 Å². The fraction of sp³-hybridized carbons (Fsp3) is 0.875. The average molecular weight is 714 g/mol. The number of carbonyl (C=O) groups is 5. The number of ketones is 4. The lowest BCUT2D eigenvalue weighted by atomic mass is 9.70. The van der Waals surface area contributed by atoms with Crippen molar-refractivity contribution in [2.24, 2.45) is 45.8 Å². The van der Waals surface area contributed by atoms with E-state index in [-0.39, 0.29) is 48.3 Å². The number of sulfone groups is 1. The average Bonchev–Trinajstić information content (AvgIpc) is 3.93. The highest BCUT2D eigenvalue weighted by atomic mass is 32.2. The molecule has 0 aromatic carbocycles. The molecule has 0 aromatic heterocycles. The molecule has 0 spiro atoms. The zero-order valence-electron chi connectivity index (χ0n) is 41.0. The van der Waals surface area contributed by atoms with Crippen LogP contribution < -0.4 is 0 Å². The van der Waals surface area contributed by atoms with Gasteiger partial charge in [0.2, 0.25) is 11.7 Å². The Kier molecular flexibility index (Phi) is 8.27. The standard InChI is InChI=1S/C40H65NO7S/c1-10-11-15-27(35(45)32(44)20-26-16-17-26)21-31(43)34-33-30(39(33,8)9)24-41(34)36(46)29(37(2,3)4)22-28(42)23-40(18-13-12-14-19-40)25-49(47,48)38(5,6)7/h26-27,29-30,33-34H,10-25H2,1-9H3/t27-,29-,30+,33+,34-/m1/s1/i12D2,13D2,14D2,18D2,19D2. The first-order valence-corrected chi connectivity index (χ1v) is 19.6. The van der Waals surface area contributed by atoms with Crippen LogP contribution in [0.2, 0.25) is 0 Å². The van der Waals surface area contributed by atoms with Gasteiger partial charge in [-0.1, -0.05) is 73.5 Å². The van der Waals surface area contributed by atoms with E-state index in [0.29, 0.717) is 12.8 Å². The van der Waals surface area contributed by atoms with E-state index in [2.05, 4.69) is 0 Å². The molecule has 1 amide bonds. The molecule has 9 heteroatoms. The monoisotopic (exact) mass is 714 g/mol. The lowest BCUT2D eigenvalue weighted by Gasteiger charge is -2.40. The molecule has 4 fully saturated rings. The van der Waals surface area contributed by atoms with Gasteiger partial charge in [0.15, 0.2) is 21.4 Å². The zero-order valence-corrected chi connectivity index (χ0v) is 31.8. The number of nitrogens with zero attached hydrogens (tertiary/aromatic N) is 1. The highest BCUT2D eigenvalue weighted by Crippen LogP contribution is 2.65. The number of hydrogen-bond donors (Lipinski definition) is 0. The molecule has 278 valence electrons. The maximum absolute atomic E-state index is 14.8. The Morgan fingerprint density at radius 3 is 2.08 bits per heavy atom. The number of carbonyl (C=O) groups excluding carboxylic acids is 5. The summed E-state index contributed by atoms with van der Waals surface area (Å²) in [6.07, 6.45) is -18.0. The van der Waals surface area contributed by atoms with E-state index in [1.807, 2.05) is 20.8 Å². The summed E-state index contributed by atoms with van der Waals surface area (Å²) < 4.78 is 113. The van der Waals surface area contributed by atoms with Crippen LogP contribution in [0.1, 0.15) is 166 Å². The Hall–Kier alpha value is -1.90. The summed E-state index contributed by atoms with van der Waals surface area (Å²) in [5, 5.41) is 0. The van der Waals surface area contributed by atoms with Gasteiger partial charge in [-0.15, -0.1) is 0 Å². The molecule has 0 unspecified atom stereocenters. The minimum Gasteiger partial charge on any atom is -0.332 e. The molecule has 4 aliphatic rings. The van der Waals surface area contributed by atoms with Gasteiger partial charge in [-0.05, 0) is 86.8 Å². The molecule has 1 heterocycles. The number of piperidine rings is 1. The molecule has 0 N–H and O–H groups in total. The highest BCUT2D eigenvalue weighted by molar-refractivity contribution is 7.92. The number of rotatable bonds is 17. The van der Waals surface area contributed by atoms with Gasteiger partial charge < -0.3 is 4.90 Å². The zero-order chi connectivity index (χ0) is 45.7.